The lowest BCUT2D eigenvalue weighted by Crippen LogP contribution is -2.20. The van der Waals surface area contributed by atoms with E-state index in [1.165, 1.54) is 0 Å². The second-order valence-electron chi connectivity index (χ2n) is 10.1. The smallest absolute Gasteiger partial charge is 0.244 e. The molecule has 3 aromatic carbocycles. The maximum Gasteiger partial charge on any atom is 0.244 e. The number of hydrazone groups is 1. The van der Waals surface area contributed by atoms with Gasteiger partial charge in [0.05, 0.1) is 12.6 Å². The van der Waals surface area contributed by atoms with Gasteiger partial charge in [-0.15, -0.1) is 0 Å². The van der Waals surface area contributed by atoms with Crippen LogP contribution in [-0.2, 0) is 22.0 Å². The number of hydrogen-bond donors (Lipinski definition) is 2. The van der Waals surface area contributed by atoms with Crippen LogP contribution in [0.25, 0.3) is 10.8 Å². The zero-order valence-corrected chi connectivity index (χ0v) is 19.3. The number of benzene rings is 3. The van der Waals surface area contributed by atoms with Gasteiger partial charge in [0.15, 0.2) is 0 Å². The van der Waals surface area contributed by atoms with Crippen molar-refractivity contribution in [1.29, 1.82) is 0 Å². The van der Waals surface area contributed by atoms with Gasteiger partial charge in [0.2, 0.25) is 5.91 Å². The highest BCUT2D eigenvalue weighted by atomic mass is 16.3. The number of nitrogens with one attached hydrogen (secondary N) is 1. The van der Waals surface area contributed by atoms with E-state index in [9.17, 15) is 9.90 Å². The molecule has 0 aliphatic rings. The lowest BCUT2D eigenvalue weighted by Gasteiger charge is -2.27. The zero-order valence-electron chi connectivity index (χ0n) is 19.3. The molecule has 0 bridgehead atoms. The molecule has 0 saturated carbocycles. The van der Waals surface area contributed by atoms with E-state index in [0.717, 1.165) is 33.0 Å². The largest absolute Gasteiger partial charge is 0.507 e. The number of nitrogens with zero attached hydrogens (tertiary/aromatic N) is 1. The summed E-state index contributed by atoms with van der Waals surface area (Å²) >= 11 is 0. The molecule has 0 aliphatic carbocycles. The van der Waals surface area contributed by atoms with E-state index < -0.39 is 0 Å². The number of hydrogen-bond acceptors (Lipinski definition) is 3. The van der Waals surface area contributed by atoms with Crippen molar-refractivity contribution in [2.45, 2.75) is 58.8 Å². The Morgan fingerprint density at radius 2 is 1.52 bits per heavy atom. The van der Waals surface area contributed by atoms with Crippen molar-refractivity contribution in [3.05, 3.63) is 76.9 Å². The Labute approximate surface area is 185 Å². The molecule has 0 radical (unpaired) electrons. The van der Waals surface area contributed by atoms with Crippen LogP contribution in [-0.4, -0.2) is 17.2 Å². The second-order valence-corrected chi connectivity index (χ2v) is 10.1. The van der Waals surface area contributed by atoms with Crippen molar-refractivity contribution in [3.8, 4) is 5.75 Å². The van der Waals surface area contributed by atoms with Gasteiger partial charge in [0.1, 0.15) is 5.75 Å². The fourth-order valence-corrected chi connectivity index (χ4v) is 3.71. The Morgan fingerprint density at radius 3 is 2.13 bits per heavy atom. The standard InChI is InChI=1S/C27H32N2O2/c1-26(2,3)22-14-18(15-23(25(22)31)27(4,5)6)17-28-29-24(30)16-20-12-9-11-19-10-7-8-13-21(19)20/h7-15,17,31H,16H2,1-6H3,(H,29,30)/b28-17+. The molecule has 0 saturated heterocycles. The van der Waals surface area contributed by atoms with Gasteiger partial charge in [-0.1, -0.05) is 84.0 Å². The SMILES string of the molecule is CC(C)(C)c1cc(/C=N/NC(=O)Cc2cccc3ccccc23)cc(C(C)(C)C)c1O. The van der Waals surface area contributed by atoms with Gasteiger partial charge in [0.25, 0.3) is 0 Å². The first-order valence-corrected chi connectivity index (χ1v) is 10.6. The fourth-order valence-electron chi connectivity index (χ4n) is 3.71. The fraction of sp³-hybridized carbons (Fsp3) is 0.333. The predicted octanol–water partition coefficient (Wildman–Crippen LogP) is 5.83. The molecule has 0 aliphatic heterocycles. The number of phenolic OH excluding ortho intramolecular Hbond substituents is 1. The van der Waals surface area contributed by atoms with Crippen molar-refractivity contribution in [1.82, 2.24) is 5.43 Å². The summed E-state index contributed by atoms with van der Waals surface area (Å²) in [5, 5.41) is 17.2. The maximum absolute atomic E-state index is 12.5. The number of carbonyl (C=O) groups excluding carboxylic acids is 1. The molecule has 0 spiro atoms. The summed E-state index contributed by atoms with van der Waals surface area (Å²) in [7, 11) is 0. The second kappa shape index (κ2) is 8.54. The van der Waals surface area contributed by atoms with Gasteiger partial charge in [-0.05, 0) is 44.9 Å². The van der Waals surface area contributed by atoms with Gasteiger partial charge < -0.3 is 5.11 Å². The summed E-state index contributed by atoms with van der Waals surface area (Å²) in [6.45, 7) is 12.4. The number of fused-ring (bicyclic) bond motifs is 1. The Kier molecular flexibility index (Phi) is 6.21. The highest BCUT2D eigenvalue weighted by Crippen LogP contribution is 2.39. The summed E-state index contributed by atoms with van der Waals surface area (Å²) in [6.07, 6.45) is 1.90. The monoisotopic (exact) mass is 416 g/mol. The molecule has 4 nitrogen and oxygen atoms in total. The molecule has 31 heavy (non-hydrogen) atoms. The maximum atomic E-state index is 12.5. The number of carbonyl (C=O) groups is 1. The lowest BCUT2D eigenvalue weighted by atomic mass is 9.78. The van der Waals surface area contributed by atoms with Crippen LogP contribution in [0.1, 0.15) is 63.8 Å². The summed E-state index contributed by atoms with van der Waals surface area (Å²) in [4.78, 5) is 12.5. The average molecular weight is 417 g/mol. The summed E-state index contributed by atoms with van der Waals surface area (Å²) in [5.74, 6) is 0.163. The van der Waals surface area contributed by atoms with Crippen LogP contribution in [0, 0.1) is 0 Å². The Morgan fingerprint density at radius 1 is 0.935 bits per heavy atom. The quantitative estimate of drug-likeness (QED) is 0.415. The van der Waals surface area contributed by atoms with Crippen LogP contribution in [0.2, 0.25) is 0 Å². The summed E-state index contributed by atoms with van der Waals surface area (Å²) in [5.41, 5.74) is 5.76. The molecule has 0 fully saturated rings. The van der Waals surface area contributed by atoms with Crippen molar-refractivity contribution in [2.24, 2.45) is 5.10 Å². The Bertz CT molecular complexity index is 1090. The molecule has 1 amide bonds. The molecule has 0 heterocycles. The van der Waals surface area contributed by atoms with Gasteiger partial charge >= 0.3 is 0 Å². The zero-order chi connectivity index (χ0) is 22.8. The minimum Gasteiger partial charge on any atom is -0.507 e. The Balaban J connectivity index is 1.81. The molecule has 3 rings (SSSR count). The molecule has 3 aromatic rings. The lowest BCUT2D eigenvalue weighted by molar-refractivity contribution is -0.120. The normalized spacial score (nSPS) is 12.5. The highest BCUT2D eigenvalue weighted by molar-refractivity contribution is 5.90. The third-order valence-electron chi connectivity index (χ3n) is 5.38. The van der Waals surface area contributed by atoms with E-state index in [1.807, 2.05) is 54.6 Å². The predicted molar refractivity (Wildman–Crippen MR) is 129 cm³/mol. The molecular formula is C27H32N2O2. The van der Waals surface area contributed by atoms with E-state index >= 15 is 0 Å². The minimum absolute atomic E-state index is 0.168. The van der Waals surface area contributed by atoms with Gasteiger partial charge in [-0.2, -0.15) is 5.10 Å². The van der Waals surface area contributed by atoms with Crippen LogP contribution in [0.4, 0.5) is 0 Å². The number of phenols is 1. The van der Waals surface area contributed by atoms with Crippen molar-refractivity contribution in [3.63, 3.8) is 0 Å². The van der Waals surface area contributed by atoms with Crippen LogP contribution in [0.3, 0.4) is 0 Å². The molecule has 162 valence electrons. The average Bonchev–Trinajstić information content (AvgIpc) is 2.67. The summed E-state index contributed by atoms with van der Waals surface area (Å²) in [6, 6.07) is 17.9. The van der Waals surface area contributed by atoms with E-state index in [0.29, 0.717) is 5.75 Å². The van der Waals surface area contributed by atoms with Crippen molar-refractivity contribution >= 4 is 22.9 Å². The third-order valence-corrected chi connectivity index (χ3v) is 5.38. The van der Waals surface area contributed by atoms with E-state index in [4.69, 9.17) is 0 Å². The van der Waals surface area contributed by atoms with E-state index in [2.05, 4.69) is 52.1 Å². The van der Waals surface area contributed by atoms with E-state index in [1.54, 1.807) is 6.21 Å². The summed E-state index contributed by atoms with van der Waals surface area (Å²) < 4.78 is 0. The van der Waals surface area contributed by atoms with Crippen LogP contribution in [0.15, 0.2) is 59.7 Å². The van der Waals surface area contributed by atoms with Crippen LogP contribution in [0.5, 0.6) is 5.75 Å². The minimum atomic E-state index is -0.217. The topological polar surface area (TPSA) is 61.7 Å². The van der Waals surface area contributed by atoms with Gasteiger partial charge in [-0.25, -0.2) is 5.43 Å². The molecule has 0 aromatic heterocycles. The molecule has 4 heteroatoms. The molecular weight excluding hydrogens is 384 g/mol. The van der Waals surface area contributed by atoms with Gasteiger partial charge in [-0.3, -0.25) is 4.79 Å². The number of rotatable bonds is 4. The van der Waals surface area contributed by atoms with Crippen molar-refractivity contribution in [2.75, 3.05) is 0 Å². The number of amides is 1. The van der Waals surface area contributed by atoms with Crippen LogP contribution >= 0.6 is 0 Å². The molecule has 0 unspecified atom stereocenters. The van der Waals surface area contributed by atoms with Crippen molar-refractivity contribution < 1.29 is 9.90 Å². The molecule has 0 atom stereocenters. The Hall–Kier alpha value is -3.14. The third kappa shape index (κ3) is 5.32. The highest BCUT2D eigenvalue weighted by Gasteiger charge is 2.26. The first-order valence-electron chi connectivity index (χ1n) is 10.6. The first kappa shape index (κ1) is 22.5. The first-order chi connectivity index (χ1) is 14.5. The number of aromatic hydroxyl groups is 1. The van der Waals surface area contributed by atoms with Crippen LogP contribution < -0.4 is 5.43 Å². The molecule has 2 N–H and O–H groups in total. The van der Waals surface area contributed by atoms with Gasteiger partial charge in [0, 0.05) is 11.1 Å². The van der Waals surface area contributed by atoms with E-state index in [-0.39, 0.29) is 23.2 Å².